The molecule has 0 saturated carbocycles. The minimum Gasteiger partial charge on any atom is -0.355 e. The van der Waals surface area contributed by atoms with Crippen molar-refractivity contribution in [3.8, 4) is 0 Å². The van der Waals surface area contributed by atoms with Gasteiger partial charge in [-0.3, -0.25) is 13.9 Å². The average molecular weight is 556 g/mol. The number of carbonyl (C=O) groups is 2. The van der Waals surface area contributed by atoms with E-state index >= 15 is 0 Å². The molecule has 1 aliphatic heterocycles. The normalized spacial score (nSPS) is 14.2. The molecular formula is C32H33N3O4S. The molecule has 8 heteroatoms. The molecule has 206 valence electrons. The van der Waals surface area contributed by atoms with Crippen LogP contribution in [-0.2, 0) is 32.6 Å². The van der Waals surface area contributed by atoms with E-state index in [4.69, 9.17) is 0 Å². The van der Waals surface area contributed by atoms with Crippen LogP contribution in [0.3, 0.4) is 0 Å². The first-order valence-corrected chi connectivity index (χ1v) is 15.0. The highest BCUT2D eigenvalue weighted by Crippen LogP contribution is 2.42. The molecule has 4 aromatic rings. The van der Waals surface area contributed by atoms with E-state index in [1.165, 1.54) is 4.31 Å². The fourth-order valence-electron chi connectivity index (χ4n) is 5.34. The molecule has 0 saturated heterocycles. The Morgan fingerprint density at radius 2 is 1.50 bits per heavy atom. The topological polar surface area (TPSA) is 86.8 Å². The van der Waals surface area contributed by atoms with Gasteiger partial charge < -0.3 is 10.2 Å². The van der Waals surface area contributed by atoms with Crippen LogP contribution >= 0.6 is 0 Å². The molecule has 2 amide bonds. The SMILES string of the molecule is CCNC(=O)C(Cc1ccccc1)N(Cc1ccccc1)C(=O)CCCN1c2cccc3cccc(c23)S1(=O)=O. The average Bonchev–Trinajstić information content (AvgIpc) is 3.19. The second-order valence-electron chi connectivity index (χ2n) is 9.92. The molecule has 0 spiro atoms. The molecule has 0 bridgehead atoms. The van der Waals surface area contributed by atoms with E-state index in [-0.39, 0.29) is 31.3 Å². The molecule has 4 aromatic carbocycles. The Balaban J connectivity index is 1.37. The van der Waals surface area contributed by atoms with Crippen molar-refractivity contribution in [2.24, 2.45) is 0 Å². The summed E-state index contributed by atoms with van der Waals surface area (Å²) < 4.78 is 28.1. The van der Waals surface area contributed by atoms with Crippen LogP contribution in [-0.4, -0.2) is 44.3 Å². The number of likely N-dealkylation sites (N-methyl/N-ethyl adjacent to an activating group) is 1. The van der Waals surface area contributed by atoms with Gasteiger partial charge in [0.2, 0.25) is 11.8 Å². The summed E-state index contributed by atoms with van der Waals surface area (Å²) in [7, 11) is -3.70. The molecule has 1 heterocycles. The Kier molecular flexibility index (Phi) is 8.16. The summed E-state index contributed by atoms with van der Waals surface area (Å²) in [4.78, 5) is 29.0. The molecule has 0 aromatic heterocycles. The van der Waals surface area contributed by atoms with Crippen LogP contribution < -0.4 is 9.62 Å². The number of anilines is 1. The molecule has 0 fully saturated rings. The maximum Gasteiger partial charge on any atom is 0.265 e. The minimum absolute atomic E-state index is 0.107. The van der Waals surface area contributed by atoms with E-state index in [9.17, 15) is 18.0 Å². The van der Waals surface area contributed by atoms with Gasteiger partial charge in [-0.15, -0.1) is 0 Å². The monoisotopic (exact) mass is 555 g/mol. The van der Waals surface area contributed by atoms with E-state index in [0.29, 0.717) is 30.0 Å². The molecule has 5 rings (SSSR count). The summed E-state index contributed by atoms with van der Waals surface area (Å²) >= 11 is 0. The molecule has 1 unspecified atom stereocenters. The zero-order chi connectivity index (χ0) is 28.1. The lowest BCUT2D eigenvalue weighted by atomic mass is 10.0. The Hall–Kier alpha value is -4.17. The van der Waals surface area contributed by atoms with E-state index in [0.717, 1.165) is 21.9 Å². The Bertz CT molecular complexity index is 1600. The number of rotatable bonds is 11. The lowest BCUT2D eigenvalue weighted by Crippen LogP contribution is -2.50. The highest BCUT2D eigenvalue weighted by Gasteiger charge is 2.36. The third kappa shape index (κ3) is 5.58. The molecule has 40 heavy (non-hydrogen) atoms. The van der Waals surface area contributed by atoms with Gasteiger partial charge in [-0.25, -0.2) is 8.42 Å². The largest absolute Gasteiger partial charge is 0.355 e. The van der Waals surface area contributed by atoms with Crippen molar-refractivity contribution < 1.29 is 18.0 Å². The summed E-state index contributed by atoms with van der Waals surface area (Å²) in [5, 5.41) is 4.50. The van der Waals surface area contributed by atoms with E-state index in [2.05, 4.69) is 5.32 Å². The summed E-state index contributed by atoms with van der Waals surface area (Å²) in [6.45, 7) is 2.76. The number of nitrogens with zero attached hydrogens (tertiary/aromatic N) is 2. The van der Waals surface area contributed by atoms with Gasteiger partial charge in [0.25, 0.3) is 10.0 Å². The molecular weight excluding hydrogens is 522 g/mol. The maximum absolute atomic E-state index is 13.8. The van der Waals surface area contributed by atoms with Crippen LogP contribution in [0, 0.1) is 0 Å². The second-order valence-corrected chi connectivity index (χ2v) is 11.8. The van der Waals surface area contributed by atoms with E-state index in [1.54, 1.807) is 17.0 Å². The second kappa shape index (κ2) is 11.9. The van der Waals surface area contributed by atoms with Gasteiger partial charge in [-0.2, -0.15) is 0 Å². The van der Waals surface area contributed by atoms with Crippen LogP contribution in [0.4, 0.5) is 5.69 Å². The van der Waals surface area contributed by atoms with Crippen LogP contribution in [0.15, 0.2) is 102 Å². The predicted molar refractivity (Wildman–Crippen MR) is 157 cm³/mol. The van der Waals surface area contributed by atoms with Crippen LogP contribution in [0.5, 0.6) is 0 Å². The third-order valence-corrected chi connectivity index (χ3v) is 9.11. The van der Waals surface area contributed by atoms with Crippen molar-refractivity contribution in [3.05, 3.63) is 108 Å². The first kappa shape index (κ1) is 27.4. The first-order chi connectivity index (χ1) is 19.4. The van der Waals surface area contributed by atoms with Gasteiger partial charge in [0.05, 0.1) is 10.6 Å². The quantitative estimate of drug-likeness (QED) is 0.285. The third-order valence-electron chi connectivity index (χ3n) is 7.25. The maximum atomic E-state index is 13.8. The molecule has 0 radical (unpaired) electrons. The lowest BCUT2D eigenvalue weighted by Gasteiger charge is -2.32. The van der Waals surface area contributed by atoms with Gasteiger partial charge >= 0.3 is 0 Å². The summed E-state index contributed by atoms with van der Waals surface area (Å²) in [5.74, 6) is -0.400. The van der Waals surface area contributed by atoms with Gasteiger partial charge in [0, 0.05) is 37.9 Å². The van der Waals surface area contributed by atoms with Gasteiger partial charge in [0.1, 0.15) is 6.04 Å². The summed E-state index contributed by atoms with van der Waals surface area (Å²) in [5.41, 5.74) is 2.52. The molecule has 1 aliphatic rings. The van der Waals surface area contributed by atoms with Crippen molar-refractivity contribution in [1.29, 1.82) is 0 Å². The minimum atomic E-state index is -3.70. The molecule has 7 nitrogen and oxygen atoms in total. The van der Waals surface area contributed by atoms with Crippen LogP contribution in [0.2, 0.25) is 0 Å². The highest BCUT2D eigenvalue weighted by atomic mass is 32.2. The van der Waals surface area contributed by atoms with Crippen molar-refractivity contribution in [1.82, 2.24) is 10.2 Å². The summed E-state index contributed by atoms with van der Waals surface area (Å²) in [6, 6.07) is 29.4. The van der Waals surface area contributed by atoms with Crippen molar-refractivity contribution in [3.63, 3.8) is 0 Å². The summed E-state index contributed by atoms with van der Waals surface area (Å²) in [6.07, 6.45) is 0.806. The van der Waals surface area contributed by atoms with E-state index in [1.807, 2.05) is 91.9 Å². The van der Waals surface area contributed by atoms with Crippen molar-refractivity contribution in [2.45, 2.75) is 43.7 Å². The van der Waals surface area contributed by atoms with Gasteiger partial charge in [-0.1, -0.05) is 84.9 Å². The standard InChI is InChI=1S/C32H33N3O4S/c1-2-33-32(37)28(22-24-12-5-3-6-13-24)34(23-25-14-7-4-8-15-25)30(36)20-11-21-35-27-18-9-16-26-17-10-19-29(31(26)27)40(35,38)39/h3-10,12-19,28H,2,11,20-23H2,1H3,(H,33,37). The Labute approximate surface area is 235 Å². The van der Waals surface area contributed by atoms with Crippen LogP contribution in [0.25, 0.3) is 10.8 Å². The fourth-order valence-corrected chi connectivity index (χ4v) is 7.09. The zero-order valence-electron chi connectivity index (χ0n) is 22.5. The smallest absolute Gasteiger partial charge is 0.265 e. The van der Waals surface area contributed by atoms with Crippen LogP contribution in [0.1, 0.15) is 30.9 Å². The number of benzene rings is 4. The molecule has 0 aliphatic carbocycles. The van der Waals surface area contributed by atoms with Crippen molar-refractivity contribution >= 4 is 38.3 Å². The lowest BCUT2D eigenvalue weighted by molar-refractivity contribution is -0.141. The zero-order valence-corrected chi connectivity index (χ0v) is 23.3. The molecule has 1 N–H and O–H groups in total. The van der Waals surface area contributed by atoms with Gasteiger partial charge in [0.15, 0.2) is 0 Å². The number of carbonyl (C=O) groups excluding carboxylic acids is 2. The number of hydrogen-bond donors (Lipinski definition) is 1. The predicted octanol–water partition coefficient (Wildman–Crippen LogP) is 4.90. The number of sulfonamides is 1. The number of hydrogen-bond acceptors (Lipinski definition) is 4. The van der Waals surface area contributed by atoms with Gasteiger partial charge in [-0.05, 0) is 42.0 Å². The molecule has 1 atom stereocenters. The number of nitrogens with one attached hydrogen (secondary N) is 1. The van der Waals surface area contributed by atoms with Crippen molar-refractivity contribution in [2.75, 3.05) is 17.4 Å². The Morgan fingerprint density at radius 3 is 2.17 bits per heavy atom. The fraction of sp³-hybridized carbons (Fsp3) is 0.250. The highest BCUT2D eigenvalue weighted by molar-refractivity contribution is 7.93. The Morgan fingerprint density at radius 1 is 0.850 bits per heavy atom. The van der Waals surface area contributed by atoms with E-state index < -0.39 is 16.1 Å². The number of amides is 2. The first-order valence-electron chi connectivity index (χ1n) is 13.6.